The second-order valence-electron chi connectivity index (χ2n) is 7.81. The Morgan fingerprint density at radius 3 is 2.67 bits per heavy atom. The molecule has 1 aliphatic heterocycles. The summed E-state index contributed by atoms with van der Waals surface area (Å²) in [7, 11) is -3.59. The molecular weight excluding hydrogens is 462 g/mol. The lowest BCUT2D eigenvalue weighted by Crippen LogP contribution is -2.36. The van der Waals surface area contributed by atoms with Crippen molar-refractivity contribution in [1.82, 2.24) is 19.1 Å². The number of piperidine rings is 1. The molecule has 0 unspecified atom stereocenters. The first-order valence-corrected chi connectivity index (χ1v) is 13.3. The second kappa shape index (κ2) is 10.1. The Labute approximate surface area is 197 Å². The van der Waals surface area contributed by atoms with Crippen molar-refractivity contribution in [3.8, 4) is 11.6 Å². The zero-order valence-electron chi connectivity index (χ0n) is 18.7. The summed E-state index contributed by atoms with van der Waals surface area (Å²) < 4.78 is 35.0. The molecule has 0 aliphatic carbocycles. The molecule has 0 spiro atoms. The van der Waals surface area contributed by atoms with Gasteiger partial charge in [-0.3, -0.25) is 9.36 Å². The quantitative estimate of drug-likeness (QED) is 0.480. The largest absolute Gasteiger partial charge is 0.461 e. The molecule has 0 bridgehead atoms. The van der Waals surface area contributed by atoms with Crippen LogP contribution in [0.15, 0.2) is 51.1 Å². The number of nitrogens with zero attached hydrogens (tertiary/aromatic N) is 4. The lowest BCUT2D eigenvalue weighted by molar-refractivity contribution is -0.113. The lowest BCUT2D eigenvalue weighted by Gasteiger charge is -2.26. The van der Waals surface area contributed by atoms with Crippen molar-refractivity contribution in [2.45, 2.75) is 49.7 Å². The van der Waals surface area contributed by atoms with Crippen LogP contribution in [0, 0.1) is 6.92 Å². The van der Waals surface area contributed by atoms with E-state index >= 15 is 0 Å². The molecular formula is C22H27N5O4S2. The van der Waals surface area contributed by atoms with Crippen LogP contribution in [0.1, 0.15) is 31.7 Å². The molecule has 1 fully saturated rings. The van der Waals surface area contributed by atoms with E-state index in [4.69, 9.17) is 4.42 Å². The fraction of sp³-hybridized carbons (Fsp3) is 0.409. The maximum absolute atomic E-state index is 13.1. The molecule has 0 radical (unpaired) electrons. The zero-order valence-corrected chi connectivity index (χ0v) is 20.3. The number of carbonyl (C=O) groups excluding carboxylic acids is 1. The summed E-state index contributed by atoms with van der Waals surface area (Å²) in [6, 6.07) is 8.58. The number of hydrogen-bond acceptors (Lipinski definition) is 7. The molecule has 3 heterocycles. The van der Waals surface area contributed by atoms with Crippen molar-refractivity contribution in [1.29, 1.82) is 0 Å². The molecule has 4 rings (SSSR count). The number of thioether (sulfide) groups is 1. The number of sulfonamides is 1. The highest BCUT2D eigenvalue weighted by atomic mass is 32.2. The fourth-order valence-electron chi connectivity index (χ4n) is 3.80. The number of benzene rings is 1. The minimum Gasteiger partial charge on any atom is -0.461 e. The normalized spacial score (nSPS) is 15.0. The fourth-order valence-corrected chi connectivity index (χ4v) is 6.37. The third-order valence-electron chi connectivity index (χ3n) is 5.51. The Kier molecular flexibility index (Phi) is 7.20. The number of rotatable bonds is 8. The minimum absolute atomic E-state index is 0.109. The third-order valence-corrected chi connectivity index (χ3v) is 8.52. The highest BCUT2D eigenvalue weighted by Crippen LogP contribution is 2.27. The molecule has 3 aromatic rings. The van der Waals surface area contributed by atoms with Gasteiger partial charge in [0.2, 0.25) is 15.9 Å². The van der Waals surface area contributed by atoms with E-state index in [1.165, 1.54) is 16.1 Å². The highest BCUT2D eigenvalue weighted by Gasteiger charge is 2.27. The van der Waals surface area contributed by atoms with Gasteiger partial charge in [-0.15, -0.1) is 10.2 Å². The van der Waals surface area contributed by atoms with Crippen molar-refractivity contribution >= 4 is 33.4 Å². The smallest absolute Gasteiger partial charge is 0.243 e. The van der Waals surface area contributed by atoms with Crippen molar-refractivity contribution in [2.75, 3.05) is 24.2 Å². The molecule has 11 heteroatoms. The van der Waals surface area contributed by atoms with Crippen LogP contribution >= 0.6 is 11.8 Å². The van der Waals surface area contributed by atoms with Gasteiger partial charge < -0.3 is 9.73 Å². The van der Waals surface area contributed by atoms with E-state index in [1.807, 2.05) is 17.6 Å². The molecule has 33 heavy (non-hydrogen) atoms. The number of hydrogen-bond donors (Lipinski definition) is 1. The summed E-state index contributed by atoms with van der Waals surface area (Å²) in [5.41, 5.74) is 1.12. The van der Waals surface area contributed by atoms with Crippen LogP contribution in [-0.4, -0.2) is 52.2 Å². The maximum atomic E-state index is 13.1. The van der Waals surface area contributed by atoms with Crippen LogP contribution in [0.5, 0.6) is 0 Å². The number of nitrogens with one attached hydrogen (secondary N) is 1. The van der Waals surface area contributed by atoms with Gasteiger partial charge in [0.05, 0.1) is 16.9 Å². The van der Waals surface area contributed by atoms with Crippen LogP contribution in [0.3, 0.4) is 0 Å². The van der Waals surface area contributed by atoms with E-state index in [9.17, 15) is 13.2 Å². The lowest BCUT2D eigenvalue weighted by atomic mass is 10.2. The van der Waals surface area contributed by atoms with E-state index in [0.717, 1.165) is 19.3 Å². The summed E-state index contributed by atoms with van der Waals surface area (Å²) in [6.07, 6.45) is 4.37. The Bertz CT molecular complexity index is 1220. The number of aryl methyl sites for hydroxylation is 1. The Morgan fingerprint density at radius 2 is 1.97 bits per heavy atom. The number of carbonyl (C=O) groups is 1. The average Bonchev–Trinajstić information content (AvgIpc) is 3.49. The van der Waals surface area contributed by atoms with Gasteiger partial charge in [0.25, 0.3) is 0 Å². The molecule has 1 N–H and O–H groups in total. The van der Waals surface area contributed by atoms with Crippen LogP contribution in [0.4, 0.5) is 5.69 Å². The third kappa shape index (κ3) is 5.15. The van der Waals surface area contributed by atoms with Gasteiger partial charge in [0.1, 0.15) is 0 Å². The zero-order chi connectivity index (χ0) is 23.4. The summed E-state index contributed by atoms with van der Waals surface area (Å²) in [6.45, 7) is 5.44. The number of furan rings is 1. The van der Waals surface area contributed by atoms with Gasteiger partial charge in [0.15, 0.2) is 16.7 Å². The first kappa shape index (κ1) is 23.5. The first-order valence-electron chi connectivity index (χ1n) is 10.9. The van der Waals surface area contributed by atoms with Gasteiger partial charge in [0, 0.05) is 25.3 Å². The van der Waals surface area contributed by atoms with E-state index in [1.54, 1.807) is 37.5 Å². The topological polar surface area (TPSA) is 110 Å². The molecule has 9 nitrogen and oxygen atoms in total. The summed E-state index contributed by atoms with van der Waals surface area (Å²) in [5.74, 6) is 1.08. The summed E-state index contributed by atoms with van der Waals surface area (Å²) in [5, 5.41) is 11.8. The SMILES string of the molecule is CCn1c(SCC(=O)Nc2ccc(C)c(S(=O)(=O)N3CCCCC3)c2)nnc1-c1ccco1. The van der Waals surface area contributed by atoms with Crippen LogP contribution in [0.2, 0.25) is 0 Å². The molecule has 2 aromatic heterocycles. The van der Waals surface area contributed by atoms with Crippen molar-refractivity contribution in [3.05, 3.63) is 42.2 Å². The van der Waals surface area contributed by atoms with Crippen molar-refractivity contribution in [2.24, 2.45) is 0 Å². The van der Waals surface area contributed by atoms with Crippen molar-refractivity contribution in [3.63, 3.8) is 0 Å². The molecule has 1 saturated heterocycles. The molecule has 1 amide bonds. The Balaban J connectivity index is 1.44. The van der Waals surface area contributed by atoms with E-state index < -0.39 is 10.0 Å². The van der Waals surface area contributed by atoms with Gasteiger partial charge in [-0.2, -0.15) is 4.31 Å². The van der Waals surface area contributed by atoms with E-state index in [0.29, 0.717) is 47.6 Å². The molecule has 1 aromatic carbocycles. The Morgan fingerprint density at radius 1 is 1.18 bits per heavy atom. The number of amides is 1. The predicted octanol–water partition coefficient (Wildman–Crippen LogP) is 3.77. The molecule has 1 aliphatic rings. The average molecular weight is 490 g/mol. The van der Waals surface area contributed by atoms with E-state index in [-0.39, 0.29) is 16.6 Å². The standard InChI is InChI=1S/C22H27N5O4S2/c1-3-27-21(18-8-7-13-31-18)24-25-22(27)32-15-20(28)23-17-10-9-16(2)19(14-17)33(29,30)26-11-5-4-6-12-26/h7-10,13-14H,3-6,11-12,15H2,1-2H3,(H,23,28). The minimum atomic E-state index is -3.59. The Hall–Kier alpha value is -2.63. The highest BCUT2D eigenvalue weighted by molar-refractivity contribution is 7.99. The van der Waals surface area contributed by atoms with Crippen LogP contribution < -0.4 is 5.32 Å². The number of aromatic nitrogens is 3. The van der Waals surface area contributed by atoms with Crippen LogP contribution in [-0.2, 0) is 21.4 Å². The molecule has 0 saturated carbocycles. The maximum Gasteiger partial charge on any atom is 0.243 e. The molecule has 0 atom stereocenters. The predicted molar refractivity (Wildman–Crippen MR) is 127 cm³/mol. The molecule has 176 valence electrons. The van der Waals surface area contributed by atoms with Crippen LogP contribution in [0.25, 0.3) is 11.6 Å². The van der Waals surface area contributed by atoms with Crippen molar-refractivity contribution < 1.29 is 17.6 Å². The van der Waals surface area contributed by atoms with Gasteiger partial charge in [-0.05, 0) is 56.5 Å². The first-order chi connectivity index (χ1) is 15.9. The van der Waals surface area contributed by atoms with Gasteiger partial charge >= 0.3 is 0 Å². The monoisotopic (exact) mass is 489 g/mol. The summed E-state index contributed by atoms with van der Waals surface area (Å²) in [4.78, 5) is 12.8. The van der Waals surface area contributed by atoms with E-state index in [2.05, 4.69) is 15.5 Å². The van der Waals surface area contributed by atoms with Gasteiger partial charge in [-0.25, -0.2) is 8.42 Å². The number of anilines is 1. The summed E-state index contributed by atoms with van der Waals surface area (Å²) >= 11 is 1.26. The second-order valence-corrected chi connectivity index (χ2v) is 10.7. The van der Waals surface area contributed by atoms with Gasteiger partial charge in [-0.1, -0.05) is 24.2 Å².